The molecule has 142 valence electrons. The van der Waals surface area contributed by atoms with E-state index in [1.54, 1.807) is 42.5 Å². The number of carbonyl (C=O) groups excluding carboxylic acids is 2. The van der Waals surface area contributed by atoms with Gasteiger partial charge in [0.1, 0.15) is 0 Å². The number of benzene rings is 2. The molecule has 2 amide bonds. The van der Waals surface area contributed by atoms with Gasteiger partial charge in [-0.15, -0.1) is 0 Å². The number of nitrogens with one attached hydrogen (secondary N) is 2. The smallest absolute Gasteiger partial charge is 0.251 e. The van der Waals surface area contributed by atoms with Crippen molar-refractivity contribution in [1.29, 1.82) is 0 Å². The standard InChI is InChI=1S/C21H22Cl2N2O2/c1-3-14(2)25-21(27)17-6-4-5-16(11-17)13-24-20(26)10-8-15-7-9-18(22)19(23)12-15/h4-12,14H,3,13H2,1-2H3,(H,24,26)(H,25,27)/b10-8+. The van der Waals surface area contributed by atoms with Crippen molar-refractivity contribution in [2.45, 2.75) is 32.9 Å². The van der Waals surface area contributed by atoms with Gasteiger partial charge < -0.3 is 10.6 Å². The number of halogens is 2. The predicted octanol–water partition coefficient (Wildman–Crippen LogP) is 4.85. The first-order valence-corrected chi connectivity index (χ1v) is 9.45. The average Bonchev–Trinajstić information content (AvgIpc) is 2.67. The quantitative estimate of drug-likeness (QED) is 0.647. The van der Waals surface area contributed by atoms with Crippen molar-refractivity contribution in [3.8, 4) is 0 Å². The van der Waals surface area contributed by atoms with Crippen LogP contribution in [0.2, 0.25) is 10.0 Å². The van der Waals surface area contributed by atoms with Gasteiger partial charge in [0.25, 0.3) is 5.91 Å². The largest absolute Gasteiger partial charge is 0.350 e. The lowest BCUT2D eigenvalue weighted by Gasteiger charge is -2.12. The van der Waals surface area contributed by atoms with Gasteiger partial charge in [-0.25, -0.2) is 0 Å². The lowest BCUT2D eigenvalue weighted by Crippen LogP contribution is -2.32. The molecular formula is C21H22Cl2N2O2. The summed E-state index contributed by atoms with van der Waals surface area (Å²) >= 11 is 11.8. The summed E-state index contributed by atoms with van der Waals surface area (Å²) in [6.07, 6.45) is 3.96. The summed E-state index contributed by atoms with van der Waals surface area (Å²) in [4.78, 5) is 24.2. The monoisotopic (exact) mass is 404 g/mol. The van der Waals surface area contributed by atoms with Crippen LogP contribution in [0.1, 0.15) is 41.8 Å². The summed E-state index contributed by atoms with van der Waals surface area (Å²) in [6, 6.07) is 12.5. The van der Waals surface area contributed by atoms with E-state index in [1.165, 1.54) is 6.08 Å². The fraction of sp³-hybridized carbons (Fsp3) is 0.238. The lowest BCUT2D eigenvalue weighted by atomic mass is 10.1. The third kappa shape index (κ3) is 6.74. The molecule has 0 radical (unpaired) electrons. The average molecular weight is 405 g/mol. The summed E-state index contributed by atoms with van der Waals surface area (Å²) in [5.74, 6) is -0.354. The SMILES string of the molecule is CCC(C)NC(=O)c1cccc(CNC(=O)/C=C/c2ccc(Cl)c(Cl)c2)c1. The van der Waals surface area contributed by atoms with Crippen molar-refractivity contribution in [1.82, 2.24) is 10.6 Å². The van der Waals surface area contributed by atoms with Gasteiger partial charge in [-0.1, -0.05) is 48.3 Å². The zero-order valence-electron chi connectivity index (χ0n) is 15.3. The van der Waals surface area contributed by atoms with E-state index in [9.17, 15) is 9.59 Å². The second-order valence-corrected chi connectivity index (χ2v) is 7.02. The van der Waals surface area contributed by atoms with E-state index < -0.39 is 0 Å². The highest BCUT2D eigenvalue weighted by Gasteiger charge is 2.09. The minimum atomic E-state index is -0.240. The van der Waals surface area contributed by atoms with Crippen molar-refractivity contribution in [2.75, 3.05) is 0 Å². The summed E-state index contributed by atoms with van der Waals surface area (Å²) in [5.41, 5.74) is 2.21. The molecule has 1 unspecified atom stereocenters. The highest BCUT2D eigenvalue weighted by molar-refractivity contribution is 6.42. The van der Waals surface area contributed by atoms with Crippen LogP contribution in [0, 0.1) is 0 Å². The van der Waals surface area contributed by atoms with Crippen molar-refractivity contribution in [3.63, 3.8) is 0 Å². The van der Waals surface area contributed by atoms with Gasteiger partial charge in [0, 0.05) is 24.2 Å². The van der Waals surface area contributed by atoms with Gasteiger partial charge in [-0.3, -0.25) is 9.59 Å². The first-order chi connectivity index (χ1) is 12.9. The summed E-state index contributed by atoms with van der Waals surface area (Å²) in [6.45, 7) is 4.31. The molecule has 0 saturated carbocycles. The molecule has 1 atom stereocenters. The van der Waals surface area contributed by atoms with Crippen molar-refractivity contribution >= 4 is 41.1 Å². The second-order valence-electron chi connectivity index (χ2n) is 6.21. The number of hydrogen-bond acceptors (Lipinski definition) is 2. The van der Waals surface area contributed by atoms with Gasteiger partial charge in [0.2, 0.25) is 5.91 Å². The van der Waals surface area contributed by atoms with Gasteiger partial charge >= 0.3 is 0 Å². The molecule has 2 aromatic carbocycles. The number of rotatable bonds is 7. The Morgan fingerprint density at radius 1 is 1.11 bits per heavy atom. The number of amides is 2. The Kier molecular flexibility index (Phi) is 7.89. The maximum absolute atomic E-state index is 12.2. The first kappa shape index (κ1) is 21.0. The molecule has 6 heteroatoms. The van der Waals surface area contributed by atoms with Gasteiger partial charge in [-0.2, -0.15) is 0 Å². The van der Waals surface area contributed by atoms with E-state index in [0.29, 0.717) is 22.2 Å². The normalized spacial score (nSPS) is 12.0. The molecule has 0 heterocycles. The molecule has 0 aliphatic rings. The van der Waals surface area contributed by atoms with Crippen LogP contribution in [-0.2, 0) is 11.3 Å². The van der Waals surface area contributed by atoms with Crippen LogP contribution in [0.5, 0.6) is 0 Å². The van der Waals surface area contributed by atoms with Crippen molar-refractivity contribution in [3.05, 3.63) is 75.3 Å². The van der Waals surface area contributed by atoms with E-state index in [0.717, 1.165) is 17.5 Å². The van der Waals surface area contributed by atoms with Crippen LogP contribution in [0.15, 0.2) is 48.5 Å². The summed E-state index contributed by atoms with van der Waals surface area (Å²) < 4.78 is 0. The molecule has 4 nitrogen and oxygen atoms in total. The van der Waals surface area contributed by atoms with Crippen LogP contribution in [0.25, 0.3) is 6.08 Å². The fourth-order valence-electron chi connectivity index (χ4n) is 2.27. The Labute approximate surface area is 169 Å². The number of carbonyl (C=O) groups is 2. The highest BCUT2D eigenvalue weighted by Crippen LogP contribution is 2.23. The second kappa shape index (κ2) is 10.1. The van der Waals surface area contributed by atoms with Crippen molar-refractivity contribution in [2.24, 2.45) is 0 Å². The third-order valence-corrected chi connectivity index (χ3v) is 4.76. The lowest BCUT2D eigenvalue weighted by molar-refractivity contribution is -0.116. The zero-order valence-corrected chi connectivity index (χ0v) is 16.8. The Bertz CT molecular complexity index is 850. The molecule has 0 fully saturated rings. The molecule has 2 aromatic rings. The zero-order chi connectivity index (χ0) is 19.8. The van der Waals surface area contributed by atoms with E-state index in [2.05, 4.69) is 10.6 Å². The Hall–Kier alpha value is -2.30. The topological polar surface area (TPSA) is 58.2 Å². The van der Waals surface area contributed by atoms with Gasteiger partial charge in [-0.05, 0) is 54.8 Å². The molecule has 0 bridgehead atoms. The maximum atomic E-state index is 12.2. The molecule has 0 aromatic heterocycles. The summed E-state index contributed by atoms with van der Waals surface area (Å²) in [7, 11) is 0. The highest BCUT2D eigenvalue weighted by atomic mass is 35.5. The fourth-order valence-corrected chi connectivity index (χ4v) is 2.57. The Balaban J connectivity index is 1.92. The Morgan fingerprint density at radius 2 is 1.89 bits per heavy atom. The van der Waals surface area contributed by atoms with Gasteiger partial charge in [0.05, 0.1) is 10.0 Å². The third-order valence-electron chi connectivity index (χ3n) is 4.02. The van der Waals surface area contributed by atoms with Crippen LogP contribution >= 0.6 is 23.2 Å². The van der Waals surface area contributed by atoms with Gasteiger partial charge in [0.15, 0.2) is 0 Å². The molecule has 0 saturated heterocycles. The van der Waals surface area contributed by atoms with E-state index in [4.69, 9.17) is 23.2 Å². The van der Waals surface area contributed by atoms with E-state index in [1.807, 2.05) is 19.9 Å². The molecule has 27 heavy (non-hydrogen) atoms. The van der Waals surface area contributed by atoms with E-state index >= 15 is 0 Å². The Morgan fingerprint density at radius 3 is 2.59 bits per heavy atom. The molecular weight excluding hydrogens is 383 g/mol. The molecule has 0 aliphatic heterocycles. The van der Waals surface area contributed by atoms with Crippen LogP contribution in [0.4, 0.5) is 0 Å². The minimum absolute atomic E-state index is 0.114. The van der Waals surface area contributed by atoms with Crippen LogP contribution in [0.3, 0.4) is 0 Å². The summed E-state index contributed by atoms with van der Waals surface area (Å²) in [5, 5.41) is 6.63. The molecule has 2 N–H and O–H groups in total. The minimum Gasteiger partial charge on any atom is -0.350 e. The number of hydrogen-bond donors (Lipinski definition) is 2. The molecule has 0 aliphatic carbocycles. The molecule has 0 spiro atoms. The maximum Gasteiger partial charge on any atom is 0.251 e. The predicted molar refractivity (Wildman–Crippen MR) is 111 cm³/mol. The molecule has 2 rings (SSSR count). The van der Waals surface area contributed by atoms with E-state index in [-0.39, 0.29) is 17.9 Å². The first-order valence-electron chi connectivity index (χ1n) is 8.69. The van der Waals surface area contributed by atoms with Crippen molar-refractivity contribution < 1.29 is 9.59 Å². The van der Waals surface area contributed by atoms with Crippen LogP contribution < -0.4 is 10.6 Å². The van der Waals surface area contributed by atoms with Crippen LogP contribution in [-0.4, -0.2) is 17.9 Å².